The second-order valence-electron chi connectivity index (χ2n) is 9.72. The second-order valence-corrected chi connectivity index (χ2v) is 11.7. The molecule has 5 rings (SSSR count). The Morgan fingerprint density at radius 1 is 1.13 bits per heavy atom. The zero-order chi connectivity index (χ0) is 27.2. The summed E-state index contributed by atoms with van der Waals surface area (Å²) in [5.41, 5.74) is 2.72. The molecule has 2 amide bonds. The predicted octanol–water partition coefficient (Wildman–Crippen LogP) is 4.40. The molecule has 2 aromatic carbocycles. The monoisotopic (exact) mass is 564 g/mol. The summed E-state index contributed by atoms with van der Waals surface area (Å²) in [7, 11) is 0. The molecule has 2 aromatic heterocycles. The standard InChI is InChI=1S/C29H32N4O4S2/c1-19-10-12-20(13-11-19)16-30-25(35)18-38-29-32-26-22-7-2-3-8-23(22)39-27(26)28(36)33(29)14-4-9-24(34)31-17-21-6-5-15-37-21/h2-3,7-8,10-13,21H,4-6,9,14-18H2,1H3,(H,30,35)(H,31,34)/t21-/m1/s1. The molecular weight excluding hydrogens is 532 g/mol. The third kappa shape index (κ3) is 6.87. The van der Waals surface area contributed by atoms with Crippen LogP contribution in [-0.4, -0.2) is 46.4 Å². The number of nitrogens with zero attached hydrogens (tertiary/aromatic N) is 2. The molecule has 204 valence electrons. The van der Waals surface area contributed by atoms with Crippen LogP contribution < -0.4 is 16.2 Å². The van der Waals surface area contributed by atoms with Gasteiger partial charge in [0.2, 0.25) is 11.8 Å². The summed E-state index contributed by atoms with van der Waals surface area (Å²) in [6, 6.07) is 15.8. The molecule has 0 saturated carbocycles. The van der Waals surface area contributed by atoms with Crippen LogP contribution in [0, 0.1) is 6.92 Å². The van der Waals surface area contributed by atoms with Crippen LogP contribution in [0.4, 0.5) is 0 Å². The van der Waals surface area contributed by atoms with Crippen molar-refractivity contribution in [2.24, 2.45) is 0 Å². The number of ether oxygens (including phenoxy) is 1. The van der Waals surface area contributed by atoms with Gasteiger partial charge in [-0.25, -0.2) is 4.98 Å². The van der Waals surface area contributed by atoms with Gasteiger partial charge in [0.15, 0.2) is 5.16 Å². The van der Waals surface area contributed by atoms with Gasteiger partial charge in [-0.15, -0.1) is 11.3 Å². The highest BCUT2D eigenvalue weighted by atomic mass is 32.2. The quantitative estimate of drug-likeness (QED) is 0.207. The van der Waals surface area contributed by atoms with Gasteiger partial charge in [0.1, 0.15) is 4.70 Å². The van der Waals surface area contributed by atoms with E-state index in [1.54, 1.807) is 4.57 Å². The highest BCUT2D eigenvalue weighted by Gasteiger charge is 2.19. The van der Waals surface area contributed by atoms with E-state index in [0.29, 0.717) is 47.8 Å². The Morgan fingerprint density at radius 2 is 1.95 bits per heavy atom. The van der Waals surface area contributed by atoms with E-state index in [9.17, 15) is 14.4 Å². The average molecular weight is 565 g/mol. The number of hydrogen-bond donors (Lipinski definition) is 2. The first-order valence-corrected chi connectivity index (χ1v) is 15.0. The molecule has 1 atom stereocenters. The van der Waals surface area contributed by atoms with E-state index in [4.69, 9.17) is 9.72 Å². The third-order valence-corrected chi connectivity index (χ3v) is 8.85. The molecular formula is C29H32N4O4S2. The van der Waals surface area contributed by atoms with Crippen LogP contribution in [0.15, 0.2) is 58.5 Å². The van der Waals surface area contributed by atoms with Gasteiger partial charge in [-0.05, 0) is 37.8 Å². The topological polar surface area (TPSA) is 102 Å². The van der Waals surface area contributed by atoms with Crippen molar-refractivity contribution in [2.75, 3.05) is 18.9 Å². The largest absolute Gasteiger partial charge is 0.376 e. The fraction of sp³-hybridized carbons (Fsp3) is 0.379. The van der Waals surface area contributed by atoms with E-state index in [1.165, 1.54) is 28.7 Å². The maximum absolute atomic E-state index is 13.6. The Kier molecular flexibility index (Phi) is 8.95. The van der Waals surface area contributed by atoms with E-state index >= 15 is 0 Å². The molecule has 0 radical (unpaired) electrons. The molecule has 0 spiro atoms. The van der Waals surface area contributed by atoms with Gasteiger partial charge in [-0.3, -0.25) is 19.0 Å². The molecule has 1 aliphatic rings. The average Bonchev–Trinajstić information content (AvgIpc) is 3.60. The van der Waals surface area contributed by atoms with Gasteiger partial charge < -0.3 is 15.4 Å². The van der Waals surface area contributed by atoms with Crippen LogP contribution in [0.2, 0.25) is 0 Å². The lowest BCUT2D eigenvalue weighted by Crippen LogP contribution is -2.32. The lowest BCUT2D eigenvalue weighted by Gasteiger charge is -2.13. The minimum Gasteiger partial charge on any atom is -0.376 e. The van der Waals surface area contributed by atoms with Gasteiger partial charge in [0.25, 0.3) is 5.56 Å². The number of thioether (sulfide) groups is 1. The Balaban J connectivity index is 1.28. The van der Waals surface area contributed by atoms with Crippen LogP contribution in [0.1, 0.15) is 36.8 Å². The maximum atomic E-state index is 13.6. The van der Waals surface area contributed by atoms with Crippen LogP contribution in [0.25, 0.3) is 20.3 Å². The fourth-order valence-electron chi connectivity index (χ4n) is 4.57. The summed E-state index contributed by atoms with van der Waals surface area (Å²) < 4.78 is 8.76. The van der Waals surface area contributed by atoms with Gasteiger partial charge >= 0.3 is 0 Å². The van der Waals surface area contributed by atoms with Gasteiger partial charge in [0, 0.05) is 42.7 Å². The van der Waals surface area contributed by atoms with Crippen LogP contribution in [-0.2, 0) is 27.4 Å². The number of carbonyl (C=O) groups excluding carboxylic acids is 2. The molecule has 1 fully saturated rings. The van der Waals surface area contributed by atoms with Crippen molar-refractivity contribution in [1.82, 2.24) is 20.2 Å². The molecule has 1 aliphatic heterocycles. The number of nitrogens with one attached hydrogen (secondary N) is 2. The highest BCUT2D eigenvalue weighted by Crippen LogP contribution is 2.31. The van der Waals surface area contributed by atoms with E-state index in [0.717, 1.165) is 35.1 Å². The smallest absolute Gasteiger partial charge is 0.272 e. The molecule has 8 nitrogen and oxygen atoms in total. The van der Waals surface area contributed by atoms with Crippen molar-refractivity contribution >= 4 is 55.2 Å². The molecule has 4 aromatic rings. The summed E-state index contributed by atoms with van der Waals surface area (Å²) >= 11 is 2.67. The fourth-order valence-corrected chi connectivity index (χ4v) is 6.51. The Morgan fingerprint density at radius 3 is 2.74 bits per heavy atom. The summed E-state index contributed by atoms with van der Waals surface area (Å²) in [5, 5.41) is 7.30. The van der Waals surface area contributed by atoms with E-state index in [1.807, 2.05) is 55.5 Å². The minimum absolute atomic E-state index is 0.0564. The second kappa shape index (κ2) is 12.8. The number of benzene rings is 2. The summed E-state index contributed by atoms with van der Waals surface area (Å²) in [5.74, 6) is -0.0578. The molecule has 2 N–H and O–H groups in total. The SMILES string of the molecule is Cc1ccc(CNC(=O)CSc2nc3c(sc4ccccc43)c(=O)n2CCCC(=O)NC[C@H]2CCCO2)cc1. The Bertz CT molecular complexity index is 1520. The number of rotatable bonds is 11. The van der Waals surface area contributed by atoms with Gasteiger partial charge in [-0.1, -0.05) is 59.8 Å². The Hall–Kier alpha value is -3.21. The lowest BCUT2D eigenvalue weighted by molar-refractivity contribution is -0.121. The predicted molar refractivity (Wildman–Crippen MR) is 156 cm³/mol. The molecule has 39 heavy (non-hydrogen) atoms. The molecule has 10 heteroatoms. The minimum atomic E-state index is -0.136. The number of hydrogen-bond acceptors (Lipinski definition) is 7. The first-order chi connectivity index (χ1) is 19.0. The number of carbonyl (C=O) groups is 2. The highest BCUT2D eigenvalue weighted by molar-refractivity contribution is 7.99. The van der Waals surface area contributed by atoms with Crippen molar-refractivity contribution in [1.29, 1.82) is 0 Å². The van der Waals surface area contributed by atoms with Crippen molar-refractivity contribution < 1.29 is 14.3 Å². The number of amides is 2. The van der Waals surface area contributed by atoms with Crippen molar-refractivity contribution in [2.45, 2.75) is 57.0 Å². The van der Waals surface area contributed by atoms with Crippen molar-refractivity contribution in [3.8, 4) is 0 Å². The first kappa shape index (κ1) is 27.4. The number of thiophene rings is 1. The van der Waals surface area contributed by atoms with Crippen molar-refractivity contribution in [3.63, 3.8) is 0 Å². The van der Waals surface area contributed by atoms with Crippen LogP contribution in [0.3, 0.4) is 0 Å². The summed E-state index contributed by atoms with van der Waals surface area (Å²) in [6.07, 6.45) is 2.88. The van der Waals surface area contributed by atoms with E-state index < -0.39 is 0 Å². The summed E-state index contributed by atoms with van der Waals surface area (Å²) in [6.45, 7) is 4.08. The maximum Gasteiger partial charge on any atom is 0.272 e. The Labute approximate surface area is 235 Å². The number of aromatic nitrogens is 2. The van der Waals surface area contributed by atoms with Gasteiger partial charge in [-0.2, -0.15) is 0 Å². The normalized spacial score (nSPS) is 15.2. The molecule has 0 bridgehead atoms. The zero-order valence-corrected chi connectivity index (χ0v) is 23.5. The lowest BCUT2D eigenvalue weighted by atomic mass is 10.1. The van der Waals surface area contributed by atoms with Gasteiger partial charge in [0.05, 0.1) is 17.4 Å². The summed E-state index contributed by atoms with van der Waals surface area (Å²) in [4.78, 5) is 43.5. The van der Waals surface area contributed by atoms with Crippen molar-refractivity contribution in [3.05, 3.63) is 70.0 Å². The van der Waals surface area contributed by atoms with Crippen LogP contribution >= 0.6 is 23.1 Å². The zero-order valence-electron chi connectivity index (χ0n) is 21.9. The molecule has 0 unspecified atom stereocenters. The first-order valence-electron chi connectivity index (χ1n) is 13.2. The van der Waals surface area contributed by atoms with E-state index in [-0.39, 0.29) is 29.2 Å². The van der Waals surface area contributed by atoms with Crippen LogP contribution in [0.5, 0.6) is 0 Å². The number of aryl methyl sites for hydroxylation is 1. The van der Waals surface area contributed by atoms with E-state index in [2.05, 4.69) is 10.6 Å². The molecule has 3 heterocycles. The molecule has 1 saturated heterocycles. The third-order valence-electron chi connectivity index (χ3n) is 6.73. The molecule has 0 aliphatic carbocycles. The number of fused-ring (bicyclic) bond motifs is 3.